The molecule has 5 atom stereocenters. The van der Waals surface area contributed by atoms with Crippen molar-refractivity contribution < 1.29 is 43.2 Å². The largest absolute Gasteiger partial charge is 0.463 e. The summed E-state index contributed by atoms with van der Waals surface area (Å²) in [4.78, 5) is 45.0. The van der Waals surface area contributed by atoms with Gasteiger partial charge in [0.2, 0.25) is 5.91 Å². The van der Waals surface area contributed by atoms with Crippen molar-refractivity contribution in [1.82, 2.24) is 5.32 Å². The van der Waals surface area contributed by atoms with E-state index < -0.39 is 54.5 Å². The molecule has 1 aliphatic rings. The summed E-state index contributed by atoms with van der Waals surface area (Å²) in [5, 5.41) is 12.5. The molecule has 1 saturated heterocycles. The Bertz CT molecular complexity index is 506. The Kier molecular flexibility index (Phi) is 7.11. The Balaban J connectivity index is 3.11. The summed E-state index contributed by atoms with van der Waals surface area (Å²) >= 11 is 0. The fourth-order valence-corrected chi connectivity index (χ4v) is 2.33. The molecule has 10 nitrogen and oxygen atoms in total. The molecule has 1 rings (SSSR count). The quantitative estimate of drug-likeness (QED) is 0.456. The van der Waals surface area contributed by atoms with Crippen molar-refractivity contribution >= 4 is 23.8 Å². The molecule has 0 spiro atoms. The number of nitrogens with one attached hydrogen (secondary N) is 1. The highest BCUT2D eigenvalue weighted by molar-refractivity contribution is 5.74. The number of hydrogen-bond acceptors (Lipinski definition) is 9. The van der Waals surface area contributed by atoms with E-state index in [1.165, 1.54) is 13.8 Å². The molecule has 0 radical (unpaired) electrons. The minimum absolute atomic E-state index is 0.326. The second-order valence-corrected chi connectivity index (χ2v) is 5.24. The second-order valence-electron chi connectivity index (χ2n) is 5.24. The van der Waals surface area contributed by atoms with Gasteiger partial charge in [0.25, 0.3) is 0 Å². The molecule has 2 N–H and O–H groups in total. The fourth-order valence-electron chi connectivity index (χ4n) is 2.33. The highest BCUT2D eigenvalue weighted by Gasteiger charge is 2.50. The first-order chi connectivity index (χ1) is 11.1. The standard InChI is InChI=1S/C14H21NO9/c1-6(16)15-11-12(22-8(3)18)10(5-21-7(2)17)24-14(20)13(11)23-9(4)19/h10-14,20H,5H2,1-4H3,(H,15,16). The van der Waals surface area contributed by atoms with Crippen LogP contribution in [0.25, 0.3) is 0 Å². The Morgan fingerprint density at radius 2 is 1.50 bits per heavy atom. The Morgan fingerprint density at radius 1 is 0.958 bits per heavy atom. The van der Waals surface area contributed by atoms with E-state index in [1.54, 1.807) is 0 Å². The van der Waals surface area contributed by atoms with Crippen molar-refractivity contribution in [1.29, 1.82) is 0 Å². The topological polar surface area (TPSA) is 137 Å². The molecule has 5 unspecified atom stereocenters. The van der Waals surface area contributed by atoms with E-state index in [2.05, 4.69) is 5.32 Å². The van der Waals surface area contributed by atoms with Gasteiger partial charge in [0.15, 0.2) is 18.5 Å². The lowest BCUT2D eigenvalue weighted by molar-refractivity contribution is -0.271. The van der Waals surface area contributed by atoms with Gasteiger partial charge in [-0.15, -0.1) is 0 Å². The van der Waals surface area contributed by atoms with Gasteiger partial charge in [-0.05, 0) is 0 Å². The summed E-state index contributed by atoms with van der Waals surface area (Å²) in [7, 11) is 0. The average Bonchev–Trinajstić information content (AvgIpc) is 2.42. The SMILES string of the molecule is CC(=O)NC1C(OC(C)=O)C(O)OC(COC(C)=O)C1OC(C)=O. The van der Waals surface area contributed by atoms with Crippen LogP contribution in [-0.2, 0) is 38.1 Å². The first-order valence-corrected chi connectivity index (χ1v) is 7.20. The molecule has 24 heavy (non-hydrogen) atoms. The lowest BCUT2D eigenvalue weighted by Crippen LogP contribution is -2.66. The monoisotopic (exact) mass is 347 g/mol. The van der Waals surface area contributed by atoms with E-state index in [0.29, 0.717) is 0 Å². The molecule has 1 heterocycles. The van der Waals surface area contributed by atoms with Crippen LogP contribution in [0.5, 0.6) is 0 Å². The van der Waals surface area contributed by atoms with E-state index >= 15 is 0 Å². The van der Waals surface area contributed by atoms with Gasteiger partial charge in [0.1, 0.15) is 18.8 Å². The summed E-state index contributed by atoms with van der Waals surface area (Å²) in [6.07, 6.45) is -5.11. The van der Waals surface area contributed by atoms with Crippen molar-refractivity contribution in [2.45, 2.75) is 58.3 Å². The predicted octanol–water partition coefficient (Wildman–Crippen LogP) is -1.37. The maximum absolute atomic E-state index is 11.5. The fraction of sp³-hybridized carbons (Fsp3) is 0.714. The zero-order valence-corrected chi connectivity index (χ0v) is 13.8. The van der Waals surface area contributed by atoms with Crippen molar-refractivity contribution in [2.24, 2.45) is 0 Å². The lowest BCUT2D eigenvalue weighted by Gasteiger charge is -2.43. The van der Waals surface area contributed by atoms with Gasteiger partial charge in [0, 0.05) is 27.7 Å². The third-order valence-electron chi connectivity index (χ3n) is 3.09. The van der Waals surface area contributed by atoms with Gasteiger partial charge in [-0.2, -0.15) is 0 Å². The van der Waals surface area contributed by atoms with Crippen LogP contribution in [0.2, 0.25) is 0 Å². The number of amides is 1. The number of carbonyl (C=O) groups is 4. The number of rotatable bonds is 5. The van der Waals surface area contributed by atoms with Crippen molar-refractivity contribution in [2.75, 3.05) is 6.61 Å². The molecular weight excluding hydrogens is 326 g/mol. The van der Waals surface area contributed by atoms with Crippen LogP contribution < -0.4 is 5.32 Å². The summed E-state index contributed by atoms with van der Waals surface area (Å²) in [5.41, 5.74) is 0. The smallest absolute Gasteiger partial charge is 0.303 e. The summed E-state index contributed by atoms with van der Waals surface area (Å²) in [5.74, 6) is -2.52. The first-order valence-electron chi connectivity index (χ1n) is 7.20. The van der Waals surface area contributed by atoms with E-state index in [-0.39, 0.29) is 6.61 Å². The third kappa shape index (κ3) is 5.78. The van der Waals surface area contributed by atoms with Crippen LogP contribution in [0.4, 0.5) is 0 Å². The zero-order chi connectivity index (χ0) is 18.4. The van der Waals surface area contributed by atoms with Gasteiger partial charge in [-0.3, -0.25) is 19.2 Å². The summed E-state index contributed by atoms with van der Waals surface area (Å²) in [6, 6.07) is -1.08. The van der Waals surface area contributed by atoms with Crippen LogP contribution in [0.1, 0.15) is 27.7 Å². The summed E-state index contributed by atoms with van der Waals surface area (Å²) in [6.45, 7) is 4.31. The van der Waals surface area contributed by atoms with Gasteiger partial charge >= 0.3 is 17.9 Å². The van der Waals surface area contributed by atoms with Crippen molar-refractivity contribution in [3.8, 4) is 0 Å². The molecule has 0 bridgehead atoms. The Hall–Kier alpha value is -2.20. The number of carbonyl (C=O) groups excluding carboxylic acids is 4. The maximum Gasteiger partial charge on any atom is 0.303 e. The minimum Gasteiger partial charge on any atom is -0.463 e. The molecule has 1 amide bonds. The summed E-state index contributed by atoms with van der Waals surface area (Å²) < 4.78 is 20.2. The molecule has 0 aromatic heterocycles. The lowest BCUT2D eigenvalue weighted by atomic mass is 9.95. The van der Waals surface area contributed by atoms with E-state index in [1.807, 2.05) is 0 Å². The normalized spacial score (nSPS) is 29.3. The van der Waals surface area contributed by atoms with Crippen LogP contribution in [0, 0.1) is 0 Å². The molecule has 0 saturated carbocycles. The molecular formula is C14H21NO9. The van der Waals surface area contributed by atoms with E-state index in [9.17, 15) is 24.3 Å². The molecule has 136 valence electrons. The predicted molar refractivity (Wildman–Crippen MR) is 76.2 cm³/mol. The molecule has 0 aromatic rings. The minimum atomic E-state index is -1.61. The van der Waals surface area contributed by atoms with Gasteiger partial charge in [-0.1, -0.05) is 0 Å². The zero-order valence-electron chi connectivity index (χ0n) is 13.8. The molecule has 1 aliphatic heterocycles. The third-order valence-corrected chi connectivity index (χ3v) is 3.09. The molecule has 1 fully saturated rings. The number of ether oxygens (including phenoxy) is 4. The molecule has 0 aromatic carbocycles. The van der Waals surface area contributed by atoms with E-state index in [4.69, 9.17) is 18.9 Å². The average molecular weight is 347 g/mol. The highest BCUT2D eigenvalue weighted by atomic mass is 16.7. The maximum atomic E-state index is 11.5. The Morgan fingerprint density at radius 3 is 1.96 bits per heavy atom. The van der Waals surface area contributed by atoms with E-state index in [0.717, 1.165) is 13.8 Å². The van der Waals surface area contributed by atoms with Crippen LogP contribution >= 0.6 is 0 Å². The van der Waals surface area contributed by atoms with Gasteiger partial charge in [0.05, 0.1) is 0 Å². The molecule has 0 aliphatic carbocycles. The number of aliphatic hydroxyl groups excluding tert-OH is 1. The Labute approximate surface area is 138 Å². The van der Waals surface area contributed by atoms with Gasteiger partial charge < -0.3 is 29.4 Å². The highest BCUT2D eigenvalue weighted by Crippen LogP contribution is 2.25. The first kappa shape index (κ1) is 19.8. The van der Waals surface area contributed by atoms with Crippen molar-refractivity contribution in [3.05, 3.63) is 0 Å². The van der Waals surface area contributed by atoms with Crippen molar-refractivity contribution in [3.63, 3.8) is 0 Å². The number of hydrogen-bond donors (Lipinski definition) is 2. The van der Waals surface area contributed by atoms with Crippen LogP contribution in [-0.4, -0.2) is 66.2 Å². The number of aliphatic hydroxyl groups is 1. The second kappa shape index (κ2) is 8.60. The van der Waals surface area contributed by atoms with Crippen LogP contribution in [0.15, 0.2) is 0 Å². The molecule has 10 heteroatoms. The van der Waals surface area contributed by atoms with Crippen LogP contribution in [0.3, 0.4) is 0 Å². The number of esters is 3. The van der Waals surface area contributed by atoms with Gasteiger partial charge in [-0.25, -0.2) is 0 Å².